The average Bonchev–Trinajstić information content (AvgIpc) is 2.47. The summed E-state index contributed by atoms with van der Waals surface area (Å²) in [4.78, 5) is 13.1. The van der Waals surface area contributed by atoms with E-state index in [9.17, 15) is 5.11 Å². The summed E-state index contributed by atoms with van der Waals surface area (Å²) in [6, 6.07) is 2.22. The maximum atomic E-state index is 10.5. The molecule has 1 atom stereocenters. The van der Waals surface area contributed by atoms with Crippen molar-refractivity contribution in [3.05, 3.63) is 18.5 Å². The van der Waals surface area contributed by atoms with Crippen LogP contribution in [0.4, 0.5) is 5.95 Å². The summed E-state index contributed by atoms with van der Waals surface area (Å²) in [6.07, 6.45) is 3.55. The zero-order valence-electron chi connectivity index (χ0n) is 13.3. The number of nitrogens with zero attached hydrogens (tertiary/aromatic N) is 4. The molecular formula is C15H27N5O. The molecule has 2 rings (SSSR count). The van der Waals surface area contributed by atoms with Crippen molar-refractivity contribution in [2.24, 2.45) is 0 Å². The lowest BCUT2D eigenvalue weighted by atomic mass is 10.1. The van der Waals surface area contributed by atoms with Crippen LogP contribution in [0.15, 0.2) is 18.5 Å². The fraction of sp³-hybridized carbons (Fsp3) is 0.733. The number of hydrogen-bond donors (Lipinski definition) is 2. The number of hydrogen-bond acceptors (Lipinski definition) is 6. The Morgan fingerprint density at radius 1 is 1.24 bits per heavy atom. The summed E-state index contributed by atoms with van der Waals surface area (Å²) in [5, 5.41) is 13.8. The van der Waals surface area contributed by atoms with Crippen LogP contribution in [-0.4, -0.2) is 70.9 Å². The largest absolute Gasteiger partial charge is 0.388 e. The second-order valence-corrected chi connectivity index (χ2v) is 6.34. The lowest BCUT2D eigenvalue weighted by molar-refractivity contribution is 0.0171. The molecule has 1 unspecified atom stereocenters. The van der Waals surface area contributed by atoms with E-state index in [1.54, 1.807) is 12.4 Å². The Bertz CT molecular complexity index is 415. The van der Waals surface area contributed by atoms with Crippen LogP contribution in [0.2, 0.25) is 0 Å². The second-order valence-electron chi connectivity index (χ2n) is 6.34. The van der Waals surface area contributed by atoms with Crippen molar-refractivity contribution in [1.29, 1.82) is 0 Å². The number of piperazine rings is 1. The number of β-amino-alcohol motifs (C(OH)–C–C–N with tert-alkyl or cyclic N) is 1. The van der Waals surface area contributed by atoms with Gasteiger partial charge in [-0.2, -0.15) is 0 Å². The van der Waals surface area contributed by atoms with Crippen molar-refractivity contribution < 1.29 is 5.11 Å². The van der Waals surface area contributed by atoms with Gasteiger partial charge < -0.3 is 15.3 Å². The van der Waals surface area contributed by atoms with Gasteiger partial charge in [0, 0.05) is 57.7 Å². The first-order valence-corrected chi connectivity index (χ1v) is 7.66. The van der Waals surface area contributed by atoms with Crippen molar-refractivity contribution in [1.82, 2.24) is 20.2 Å². The Labute approximate surface area is 127 Å². The zero-order chi connectivity index (χ0) is 15.3. The third-order valence-corrected chi connectivity index (χ3v) is 3.66. The van der Waals surface area contributed by atoms with Gasteiger partial charge in [0.2, 0.25) is 5.95 Å². The highest BCUT2D eigenvalue weighted by atomic mass is 16.3. The molecule has 2 N–H and O–H groups in total. The quantitative estimate of drug-likeness (QED) is 0.789. The van der Waals surface area contributed by atoms with Crippen molar-refractivity contribution in [3.63, 3.8) is 0 Å². The molecule has 1 aliphatic heterocycles. The van der Waals surface area contributed by atoms with Gasteiger partial charge in [-0.05, 0) is 13.0 Å². The molecule has 118 valence electrons. The maximum absolute atomic E-state index is 10.5. The summed E-state index contributed by atoms with van der Waals surface area (Å²) in [5.41, 5.74) is -0.699. The second kappa shape index (κ2) is 7.15. The molecule has 1 aromatic rings. The number of nitrogens with one attached hydrogen (secondary N) is 1. The summed E-state index contributed by atoms with van der Waals surface area (Å²) >= 11 is 0. The summed E-state index contributed by atoms with van der Waals surface area (Å²) < 4.78 is 0. The van der Waals surface area contributed by atoms with Crippen molar-refractivity contribution >= 4 is 5.95 Å². The van der Waals surface area contributed by atoms with Crippen LogP contribution in [0.3, 0.4) is 0 Å². The lowest BCUT2D eigenvalue weighted by Crippen LogP contribution is -2.54. The van der Waals surface area contributed by atoms with E-state index < -0.39 is 5.60 Å². The van der Waals surface area contributed by atoms with Gasteiger partial charge in [-0.1, -0.05) is 13.8 Å². The molecule has 0 amide bonds. The Hall–Kier alpha value is -1.24. The molecule has 1 saturated heterocycles. The Balaban J connectivity index is 1.78. The summed E-state index contributed by atoms with van der Waals surface area (Å²) in [7, 11) is 0. The van der Waals surface area contributed by atoms with E-state index in [-0.39, 0.29) is 0 Å². The molecule has 21 heavy (non-hydrogen) atoms. The van der Waals surface area contributed by atoms with Gasteiger partial charge in [0.25, 0.3) is 0 Å². The predicted molar refractivity (Wildman–Crippen MR) is 84.4 cm³/mol. The van der Waals surface area contributed by atoms with Gasteiger partial charge in [-0.15, -0.1) is 0 Å². The lowest BCUT2D eigenvalue weighted by Gasteiger charge is -2.38. The smallest absolute Gasteiger partial charge is 0.225 e. The highest BCUT2D eigenvalue weighted by Gasteiger charge is 2.27. The average molecular weight is 293 g/mol. The zero-order valence-corrected chi connectivity index (χ0v) is 13.3. The van der Waals surface area contributed by atoms with Gasteiger partial charge >= 0.3 is 0 Å². The molecule has 0 saturated carbocycles. The highest BCUT2D eigenvalue weighted by Crippen LogP contribution is 2.12. The Morgan fingerprint density at radius 3 is 2.43 bits per heavy atom. The molecule has 1 aromatic heterocycles. The van der Waals surface area contributed by atoms with Crippen LogP contribution < -0.4 is 10.2 Å². The molecular weight excluding hydrogens is 266 g/mol. The van der Waals surface area contributed by atoms with E-state index in [1.807, 2.05) is 13.0 Å². The van der Waals surface area contributed by atoms with Crippen LogP contribution >= 0.6 is 0 Å². The molecule has 6 nitrogen and oxygen atoms in total. The van der Waals surface area contributed by atoms with Crippen LogP contribution in [-0.2, 0) is 0 Å². The predicted octanol–water partition coefficient (Wildman–Crippen LogP) is 0.348. The highest BCUT2D eigenvalue weighted by molar-refractivity contribution is 5.29. The SMILES string of the molecule is CC(C)NCC(C)(O)CN1CCN(c2ncccn2)CC1. The monoisotopic (exact) mass is 293 g/mol. The van der Waals surface area contributed by atoms with Crippen molar-refractivity contribution in [2.45, 2.75) is 32.4 Å². The van der Waals surface area contributed by atoms with Gasteiger partial charge in [-0.3, -0.25) is 4.90 Å². The Morgan fingerprint density at radius 2 is 1.86 bits per heavy atom. The first-order valence-electron chi connectivity index (χ1n) is 7.66. The van der Waals surface area contributed by atoms with Crippen molar-refractivity contribution in [3.8, 4) is 0 Å². The number of aliphatic hydroxyl groups is 1. The van der Waals surface area contributed by atoms with E-state index in [0.29, 0.717) is 19.1 Å². The molecule has 0 spiro atoms. The Kier molecular flexibility index (Phi) is 5.50. The van der Waals surface area contributed by atoms with E-state index >= 15 is 0 Å². The maximum Gasteiger partial charge on any atom is 0.225 e. The fourth-order valence-corrected chi connectivity index (χ4v) is 2.52. The third kappa shape index (κ3) is 5.22. The van der Waals surface area contributed by atoms with E-state index in [1.165, 1.54) is 0 Å². The molecule has 0 aromatic carbocycles. The van der Waals surface area contributed by atoms with Crippen LogP contribution in [0.5, 0.6) is 0 Å². The van der Waals surface area contributed by atoms with Gasteiger partial charge in [0.15, 0.2) is 0 Å². The van der Waals surface area contributed by atoms with Crippen LogP contribution in [0, 0.1) is 0 Å². The van der Waals surface area contributed by atoms with Crippen LogP contribution in [0.25, 0.3) is 0 Å². The van der Waals surface area contributed by atoms with Gasteiger partial charge in [-0.25, -0.2) is 9.97 Å². The normalized spacial score (nSPS) is 19.8. The van der Waals surface area contributed by atoms with Crippen LogP contribution in [0.1, 0.15) is 20.8 Å². The van der Waals surface area contributed by atoms with E-state index in [2.05, 4.69) is 38.9 Å². The first kappa shape index (κ1) is 16.1. The van der Waals surface area contributed by atoms with Crippen molar-refractivity contribution in [2.75, 3.05) is 44.2 Å². The summed E-state index contributed by atoms with van der Waals surface area (Å²) in [5.74, 6) is 0.797. The summed E-state index contributed by atoms with van der Waals surface area (Å²) in [6.45, 7) is 11.0. The molecule has 0 radical (unpaired) electrons. The minimum Gasteiger partial charge on any atom is -0.388 e. The third-order valence-electron chi connectivity index (χ3n) is 3.66. The number of anilines is 1. The fourth-order valence-electron chi connectivity index (χ4n) is 2.52. The first-order chi connectivity index (χ1) is 9.96. The van der Waals surface area contributed by atoms with Gasteiger partial charge in [0.1, 0.15) is 0 Å². The van der Waals surface area contributed by atoms with Gasteiger partial charge in [0.05, 0.1) is 5.60 Å². The minimum absolute atomic E-state index is 0.392. The molecule has 0 bridgehead atoms. The van der Waals surface area contributed by atoms with E-state index in [4.69, 9.17) is 0 Å². The molecule has 2 heterocycles. The van der Waals surface area contributed by atoms with E-state index in [0.717, 1.165) is 32.1 Å². The molecule has 1 fully saturated rings. The number of aromatic nitrogens is 2. The topological polar surface area (TPSA) is 64.5 Å². The minimum atomic E-state index is -0.699. The molecule has 0 aliphatic carbocycles. The molecule has 6 heteroatoms. The number of rotatable bonds is 6. The standard InChI is InChI=1S/C15H27N5O/c1-13(2)18-11-15(3,21)12-19-7-9-20(10-8-19)14-16-5-4-6-17-14/h4-6,13,18,21H,7-12H2,1-3H3. The molecule has 1 aliphatic rings.